The first-order valence-corrected chi connectivity index (χ1v) is 20.3. The van der Waals surface area contributed by atoms with Crippen LogP contribution in [0.1, 0.15) is 36.1 Å². The minimum Gasteiger partial charge on any atom is -0.309 e. The average Bonchev–Trinajstić information content (AvgIpc) is 3.66. The lowest BCUT2D eigenvalue weighted by atomic mass is 9.82. The summed E-state index contributed by atoms with van der Waals surface area (Å²) in [7, 11) is 0. The van der Waals surface area contributed by atoms with Crippen molar-refractivity contribution in [3.05, 3.63) is 204 Å². The molecule has 3 heterocycles. The third-order valence-electron chi connectivity index (χ3n) is 12.5. The first-order chi connectivity index (χ1) is 29.0. The minimum absolute atomic E-state index is 0.132. The summed E-state index contributed by atoms with van der Waals surface area (Å²) in [5.41, 5.74) is 18.1. The minimum atomic E-state index is -0.132. The number of nitrogens with zero attached hydrogens (tertiary/aromatic N) is 4. The molecule has 1 aliphatic heterocycles. The van der Waals surface area contributed by atoms with Gasteiger partial charge in [0, 0.05) is 32.8 Å². The molecule has 1 aliphatic carbocycles. The molecule has 0 saturated carbocycles. The number of anilines is 3. The summed E-state index contributed by atoms with van der Waals surface area (Å²) in [5.74, 6) is 0.640. The second-order valence-corrected chi connectivity index (χ2v) is 16.2. The van der Waals surface area contributed by atoms with Gasteiger partial charge in [-0.3, -0.25) is 4.90 Å². The van der Waals surface area contributed by atoms with Gasteiger partial charge in [0.2, 0.25) is 5.95 Å². The van der Waals surface area contributed by atoms with Crippen LogP contribution in [0.5, 0.6) is 0 Å². The van der Waals surface area contributed by atoms with Crippen molar-refractivity contribution in [1.29, 1.82) is 0 Å². The molecule has 0 radical (unpaired) electrons. The SMILES string of the molecule is CC1(C)c2ccccc2-c2cc3c(cc21)C=Cc1cc(-c2ccc4c5ccccc5n(-c5ccccc5)c4c2)ccc1N3c1nc(-c2ccccc2)c2ccccc2n1. The van der Waals surface area contributed by atoms with E-state index in [0.717, 1.165) is 61.5 Å². The van der Waals surface area contributed by atoms with Crippen LogP contribution in [0, 0.1) is 0 Å². The molecule has 2 aromatic heterocycles. The molecule has 4 nitrogen and oxygen atoms in total. The van der Waals surface area contributed by atoms with Crippen LogP contribution in [0.2, 0.25) is 0 Å². The van der Waals surface area contributed by atoms with Gasteiger partial charge in [-0.1, -0.05) is 153 Å². The maximum Gasteiger partial charge on any atom is 0.235 e. The van der Waals surface area contributed by atoms with Gasteiger partial charge in [0.25, 0.3) is 0 Å². The zero-order valence-electron chi connectivity index (χ0n) is 32.8. The van der Waals surface area contributed by atoms with Crippen molar-refractivity contribution < 1.29 is 0 Å². The fourth-order valence-electron chi connectivity index (χ4n) is 9.66. The Labute approximate surface area is 343 Å². The molecule has 0 saturated heterocycles. The number of hydrogen-bond donors (Lipinski definition) is 0. The lowest BCUT2D eigenvalue weighted by molar-refractivity contribution is 0.660. The van der Waals surface area contributed by atoms with Gasteiger partial charge in [-0.25, -0.2) is 9.97 Å². The van der Waals surface area contributed by atoms with Crippen LogP contribution in [-0.4, -0.2) is 14.5 Å². The number of benzene rings is 8. The molecule has 0 spiro atoms. The highest BCUT2D eigenvalue weighted by atomic mass is 15.3. The summed E-state index contributed by atoms with van der Waals surface area (Å²) < 4.78 is 2.39. The predicted octanol–water partition coefficient (Wildman–Crippen LogP) is 14.3. The van der Waals surface area contributed by atoms with E-state index in [-0.39, 0.29) is 5.41 Å². The van der Waals surface area contributed by atoms with Crippen LogP contribution in [0.3, 0.4) is 0 Å². The Kier molecular flexibility index (Phi) is 7.24. The van der Waals surface area contributed by atoms with E-state index < -0.39 is 0 Å². The monoisotopic (exact) mass is 754 g/mol. The molecule has 8 aromatic carbocycles. The largest absolute Gasteiger partial charge is 0.309 e. The molecule has 0 amide bonds. The van der Waals surface area contributed by atoms with Gasteiger partial charge in [0.1, 0.15) is 0 Å². The summed E-state index contributed by atoms with van der Waals surface area (Å²) in [6, 6.07) is 65.6. The molecular formula is C55H38N4. The Morgan fingerprint density at radius 2 is 1.10 bits per heavy atom. The standard InChI is InChI=1S/C55H38N4/c1-55(2)46-22-12-9-19-41(46)45-34-51-39(32-47(45)55)26-25-38-31-36(37-27-29-43-42-20-11-14-24-50(42)58(52(43)33-37)40-17-7-4-8-18-40)28-30-49(38)59(51)54-56-48-23-13-10-21-44(48)53(57-54)35-15-5-3-6-16-35/h3-34H,1-2H3. The first-order valence-electron chi connectivity index (χ1n) is 20.3. The molecule has 0 atom stereocenters. The van der Waals surface area contributed by atoms with E-state index in [9.17, 15) is 0 Å². The van der Waals surface area contributed by atoms with E-state index >= 15 is 0 Å². The quantitative estimate of drug-likeness (QED) is 0.179. The Hall–Kier alpha value is -7.56. The number of rotatable bonds is 4. The maximum atomic E-state index is 5.46. The van der Waals surface area contributed by atoms with Gasteiger partial charge < -0.3 is 4.57 Å². The predicted molar refractivity (Wildman–Crippen MR) is 246 cm³/mol. The van der Waals surface area contributed by atoms with Gasteiger partial charge in [0.05, 0.1) is 33.6 Å². The zero-order valence-corrected chi connectivity index (χ0v) is 32.8. The van der Waals surface area contributed by atoms with Crippen LogP contribution in [0.4, 0.5) is 17.3 Å². The molecule has 0 bridgehead atoms. The van der Waals surface area contributed by atoms with Gasteiger partial charge >= 0.3 is 0 Å². The van der Waals surface area contributed by atoms with Crippen molar-refractivity contribution >= 4 is 62.2 Å². The number of para-hydroxylation sites is 3. The van der Waals surface area contributed by atoms with Crippen molar-refractivity contribution in [2.75, 3.05) is 4.90 Å². The normalized spacial score (nSPS) is 13.6. The van der Waals surface area contributed by atoms with E-state index in [1.165, 1.54) is 44.1 Å². The van der Waals surface area contributed by atoms with Crippen molar-refractivity contribution in [3.63, 3.8) is 0 Å². The van der Waals surface area contributed by atoms with E-state index in [0.29, 0.717) is 5.95 Å². The molecule has 0 N–H and O–H groups in total. The number of fused-ring (bicyclic) bond motifs is 9. The fourth-order valence-corrected chi connectivity index (χ4v) is 9.66. The van der Waals surface area contributed by atoms with Crippen molar-refractivity contribution in [2.24, 2.45) is 0 Å². The molecule has 4 heteroatoms. The van der Waals surface area contributed by atoms with Crippen LogP contribution in [0.15, 0.2) is 182 Å². The Morgan fingerprint density at radius 1 is 0.441 bits per heavy atom. The van der Waals surface area contributed by atoms with Crippen LogP contribution in [0.25, 0.3) is 84.1 Å². The van der Waals surface area contributed by atoms with Crippen molar-refractivity contribution in [3.8, 4) is 39.2 Å². The molecule has 278 valence electrons. The van der Waals surface area contributed by atoms with Gasteiger partial charge in [0.15, 0.2) is 0 Å². The molecule has 0 fully saturated rings. The zero-order chi connectivity index (χ0) is 39.2. The Bertz CT molecular complexity index is 3360. The summed E-state index contributed by atoms with van der Waals surface area (Å²) in [6.07, 6.45) is 4.56. The van der Waals surface area contributed by atoms with Crippen LogP contribution in [-0.2, 0) is 5.41 Å². The smallest absolute Gasteiger partial charge is 0.235 e. The van der Waals surface area contributed by atoms with Crippen LogP contribution < -0.4 is 4.90 Å². The average molecular weight is 755 g/mol. The van der Waals surface area contributed by atoms with Gasteiger partial charge in [-0.15, -0.1) is 0 Å². The second-order valence-electron chi connectivity index (χ2n) is 16.2. The first kappa shape index (κ1) is 33.6. The molecular weight excluding hydrogens is 717 g/mol. The third kappa shape index (κ3) is 5.09. The molecule has 12 rings (SSSR count). The molecule has 10 aromatic rings. The van der Waals surface area contributed by atoms with E-state index in [4.69, 9.17) is 9.97 Å². The molecule has 0 unspecified atom stereocenters. The lowest BCUT2D eigenvalue weighted by Gasteiger charge is -2.28. The Morgan fingerprint density at radius 3 is 1.95 bits per heavy atom. The highest BCUT2D eigenvalue weighted by Gasteiger charge is 2.37. The van der Waals surface area contributed by atoms with Gasteiger partial charge in [-0.2, -0.15) is 0 Å². The summed E-state index contributed by atoms with van der Waals surface area (Å²) in [6.45, 7) is 4.69. The van der Waals surface area contributed by atoms with Crippen molar-refractivity contribution in [2.45, 2.75) is 19.3 Å². The van der Waals surface area contributed by atoms with E-state index in [1.54, 1.807) is 0 Å². The number of aromatic nitrogens is 3. The second kappa shape index (κ2) is 12.7. The van der Waals surface area contributed by atoms with E-state index in [2.05, 4.69) is 217 Å². The maximum absolute atomic E-state index is 5.46. The highest BCUT2D eigenvalue weighted by molar-refractivity contribution is 6.10. The van der Waals surface area contributed by atoms with Crippen molar-refractivity contribution in [1.82, 2.24) is 14.5 Å². The van der Waals surface area contributed by atoms with Gasteiger partial charge in [-0.05, 0) is 99.1 Å². The molecule has 59 heavy (non-hydrogen) atoms. The summed E-state index contributed by atoms with van der Waals surface area (Å²) in [5, 5.41) is 3.52. The highest BCUT2D eigenvalue weighted by Crippen LogP contribution is 2.53. The van der Waals surface area contributed by atoms with E-state index in [1.807, 2.05) is 0 Å². The summed E-state index contributed by atoms with van der Waals surface area (Å²) in [4.78, 5) is 13.1. The summed E-state index contributed by atoms with van der Waals surface area (Å²) >= 11 is 0. The third-order valence-corrected chi connectivity index (χ3v) is 12.5. The molecule has 2 aliphatic rings. The number of hydrogen-bond acceptors (Lipinski definition) is 3. The fraction of sp³-hybridized carbons (Fsp3) is 0.0545. The van der Waals surface area contributed by atoms with Crippen LogP contribution >= 0.6 is 0 Å². The Balaban J connectivity index is 1.08. The topological polar surface area (TPSA) is 34.0 Å². The lowest BCUT2D eigenvalue weighted by Crippen LogP contribution is -2.17.